The summed E-state index contributed by atoms with van der Waals surface area (Å²) >= 11 is 0. The van der Waals surface area contributed by atoms with E-state index >= 15 is 0 Å². The molecule has 0 aromatic rings. The smallest absolute Gasteiger partial charge is 0.323 e. The van der Waals surface area contributed by atoms with Gasteiger partial charge >= 0.3 is 12.0 Å². The van der Waals surface area contributed by atoms with Gasteiger partial charge in [-0.25, -0.2) is 4.79 Å². The summed E-state index contributed by atoms with van der Waals surface area (Å²) < 4.78 is 0. The number of rotatable bonds is 5. The number of amides is 2. The maximum absolute atomic E-state index is 11.7. The van der Waals surface area contributed by atoms with E-state index in [2.05, 4.69) is 5.92 Å². The molecule has 0 radical (unpaired) electrons. The van der Waals surface area contributed by atoms with Crippen LogP contribution in [0.1, 0.15) is 13.8 Å². The van der Waals surface area contributed by atoms with E-state index in [1.807, 2.05) is 0 Å². The summed E-state index contributed by atoms with van der Waals surface area (Å²) in [4.78, 5) is 24.9. The highest BCUT2D eigenvalue weighted by atomic mass is 16.4. The van der Waals surface area contributed by atoms with Gasteiger partial charge < -0.3 is 14.9 Å². The Morgan fingerprint density at radius 1 is 1.27 bits per heavy atom. The fourth-order valence-electron chi connectivity index (χ4n) is 1.10. The Hall–Kier alpha value is -1.70. The third-order valence-corrected chi connectivity index (χ3v) is 1.91. The summed E-state index contributed by atoms with van der Waals surface area (Å²) in [5, 5.41) is 8.60. The molecule has 0 aromatic carbocycles. The fourth-order valence-corrected chi connectivity index (χ4v) is 1.10. The summed E-state index contributed by atoms with van der Waals surface area (Å²) in [7, 11) is 0. The van der Waals surface area contributed by atoms with Crippen molar-refractivity contribution in [3.05, 3.63) is 0 Å². The molecule has 0 unspecified atom stereocenters. The first-order valence-corrected chi connectivity index (χ1v) is 4.75. The Morgan fingerprint density at radius 2 is 1.80 bits per heavy atom. The quantitative estimate of drug-likeness (QED) is 0.674. The SMILES string of the molecule is C#CCN(CC)C(=O)N(CC)CC(=O)O. The van der Waals surface area contributed by atoms with Crippen LogP contribution in [-0.4, -0.2) is 53.1 Å². The Balaban J connectivity index is 4.48. The van der Waals surface area contributed by atoms with Gasteiger partial charge in [-0.1, -0.05) is 5.92 Å². The zero-order chi connectivity index (χ0) is 11.8. The molecule has 0 spiro atoms. The predicted octanol–water partition coefficient (Wildman–Crippen LogP) is 0.468. The number of likely N-dealkylation sites (N-methyl/N-ethyl adjacent to an activating group) is 1. The Labute approximate surface area is 89.7 Å². The Kier molecular flexibility index (Phi) is 5.95. The molecule has 0 fully saturated rings. The molecule has 0 rings (SSSR count). The largest absolute Gasteiger partial charge is 0.480 e. The van der Waals surface area contributed by atoms with Gasteiger partial charge in [-0.05, 0) is 13.8 Å². The predicted molar refractivity (Wildman–Crippen MR) is 56.4 cm³/mol. The number of carboxylic acids is 1. The summed E-state index contributed by atoms with van der Waals surface area (Å²) in [6, 6.07) is -0.333. The van der Waals surface area contributed by atoms with Crippen molar-refractivity contribution < 1.29 is 14.7 Å². The molecule has 0 aromatic heterocycles. The van der Waals surface area contributed by atoms with E-state index in [9.17, 15) is 9.59 Å². The van der Waals surface area contributed by atoms with Crippen LogP contribution in [0.3, 0.4) is 0 Å². The Bertz CT molecular complexity index is 270. The number of carbonyl (C=O) groups excluding carboxylic acids is 1. The summed E-state index contributed by atoms with van der Waals surface area (Å²) in [6.07, 6.45) is 5.11. The lowest BCUT2D eigenvalue weighted by molar-refractivity contribution is -0.137. The molecular weight excluding hydrogens is 196 g/mol. The third-order valence-electron chi connectivity index (χ3n) is 1.91. The molecule has 2 amide bonds. The molecule has 0 atom stereocenters. The van der Waals surface area contributed by atoms with Gasteiger partial charge in [0.25, 0.3) is 0 Å². The van der Waals surface area contributed by atoms with E-state index in [4.69, 9.17) is 11.5 Å². The van der Waals surface area contributed by atoms with Crippen molar-refractivity contribution >= 4 is 12.0 Å². The van der Waals surface area contributed by atoms with E-state index in [-0.39, 0.29) is 19.1 Å². The lowest BCUT2D eigenvalue weighted by Crippen LogP contribution is -2.45. The van der Waals surface area contributed by atoms with Crippen LogP contribution in [0, 0.1) is 12.3 Å². The van der Waals surface area contributed by atoms with Gasteiger partial charge in [0.05, 0.1) is 6.54 Å². The number of hydrogen-bond acceptors (Lipinski definition) is 2. The van der Waals surface area contributed by atoms with Crippen molar-refractivity contribution in [3.63, 3.8) is 0 Å². The molecule has 0 bridgehead atoms. The summed E-state index contributed by atoms with van der Waals surface area (Å²) in [5.74, 6) is 1.34. The molecular formula is C10H16N2O3. The minimum absolute atomic E-state index is 0.200. The third kappa shape index (κ3) is 4.36. The molecule has 0 aliphatic heterocycles. The molecule has 1 N–H and O–H groups in total. The van der Waals surface area contributed by atoms with Crippen LogP contribution >= 0.6 is 0 Å². The van der Waals surface area contributed by atoms with Crippen molar-refractivity contribution in [1.82, 2.24) is 9.80 Å². The first-order chi connectivity index (χ1) is 7.06. The van der Waals surface area contributed by atoms with Crippen LogP contribution in [-0.2, 0) is 4.79 Å². The van der Waals surface area contributed by atoms with Crippen molar-refractivity contribution in [2.75, 3.05) is 26.2 Å². The topological polar surface area (TPSA) is 60.9 Å². The fraction of sp³-hybridized carbons (Fsp3) is 0.600. The highest BCUT2D eigenvalue weighted by molar-refractivity contribution is 5.80. The lowest BCUT2D eigenvalue weighted by Gasteiger charge is -2.26. The lowest BCUT2D eigenvalue weighted by atomic mass is 10.4. The van der Waals surface area contributed by atoms with Gasteiger partial charge in [0.2, 0.25) is 0 Å². The van der Waals surface area contributed by atoms with Gasteiger partial charge in [0, 0.05) is 13.1 Å². The number of terminal acetylenes is 1. The van der Waals surface area contributed by atoms with Crippen molar-refractivity contribution in [2.45, 2.75) is 13.8 Å². The number of carboxylic acid groups (broad SMARTS) is 1. The number of hydrogen-bond donors (Lipinski definition) is 1. The first kappa shape index (κ1) is 13.3. The van der Waals surface area contributed by atoms with E-state index in [0.717, 1.165) is 0 Å². The second kappa shape index (κ2) is 6.71. The molecule has 0 saturated heterocycles. The molecule has 0 aliphatic carbocycles. The molecule has 0 heterocycles. The summed E-state index contributed by atoms with van der Waals surface area (Å²) in [5.41, 5.74) is 0. The van der Waals surface area contributed by atoms with Crippen molar-refractivity contribution in [3.8, 4) is 12.3 Å². The van der Waals surface area contributed by atoms with Crippen LogP contribution in [0.4, 0.5) is 4.79 Å². The minimum Gasteiger partial charge on any atom is -0.480 e. The summed E-state index contributed by atoms with van der Waals surface area (Å²) in [6.45, 7) is 4.25. The zero-order valence-corrected chi connectivity index (χ0v) is 9.06. The number of carbonyl (C=O) groups is 2. The number of nitrogens with zero attached hydrogens (tertiary/aromatic N) is 2. The molecule has 5 heteroatoms. The van der Waals surface area contributed by atoms with Gasteiger partial charge in [-0.2, -0.15) is 0 Å². The van der Waals surface area contributed by atoms with Crippen LogP contribution in [0.5, 0.6) is 0 Å². The molecule has 84 valence electrons. The molecule has 0 saturated carbocycles. The minimum atomic E-state index is -1.03. The molecule has 15 heavy (non-hydrogen) atoms. The maximum Gasteiger partial charge on any atom is 0.323 e. The highest BCUT2D eigenvalue weighted by Crippen LogP contribution is 1.98. The van der Waals surface area contributed by atoms with E-state index in [1.165, 1.54) is 9.80 Å². The first-order valence-electron chi connectivity index (χ1n) is 4.75. The normalized spacial score (nSPS) is 9.13. The maximum atomic E-state index is 11.7. The van der Waals surface area contributed by atoms with Gasteiger partial charge in [-0.3, -0.25) is 4.79 Å². The van der Waals surface area contributed by atoms with Crippen LogP contribution in [0.15, 0.2) is 0 Å². The Morgan fingerprint density at radius 3 is 2.13 bits per heavy atom. The van der Waals surface area contributed by atoms with Gasteiger partial charge in [0.15, 0.2) is 0 Å². The number of aliphatic carboxylic acids is 1. The van der Waals surface area contributed by atoms with Crippen LogP contribution in [0.2, 0.25) is 0 Å². The van der Waals surface area contributed by atoms with E-state index in [1.54, 1.807) is 13.8 Å². The average Bonchev–Trinajstić information content (AvgIpc) is 2.21. The second-order valence-electron chi connectivity index (χ2n) is 2.91. The van der Waals surface area contributed by atoms with Gasteiger partial charge in [0.1, 0.15) is 6.54 Å². The zero-order valence-electron chi connectivity index (χ0n) is 9.06. The van der Waals surface area contributed by atoms with E-state index < -0.39 is 5.97 Å². The standard InChI is InChI=1S/C10H16N2O3/c1-4-7-11(5-2)10(15)12(6-3)8-9(13)14/h1H,5-8H2,2-3H3,(H,13,14). The number of urea groups is 1. The highest BCUT2D eigenvalue weighted by Gasteiger charge is 2.19. The van der Waals surface area contributed by atoms with Crippen LogP contribution in [0.25, 0.3) is 0 Å². The van der Waals surface area contributed by atoms with Gasteiger partial charge in [-0.15, -0.1) is 6.42 Å². The average molecular weight is 212 g/mol. The van der Waals surface area contributed by atoms with E-state index in [0.29, 0.717) is 13.1 Å². The van der Waals surface area contributed by atoms with Crippen molar-refractivity contribution in [1.29, 1.82) is 0 Å². The van der Waals surface area contributed by atoms with Crippen molar-refractivity contribution in [2.24, 2.45) is 0 Å². The molecule has 0 aliphatic rings. The second-order valence-corrected chi connectivity index (χ2v) is 2.91. The molecule has 5 nitrogen and oxygen atoms in total. The van der Waals surface area contributed by atoms with Crippen LogP contribution < -0.4 is 0 Å². The monoisotopic (exact) mass is 212 g/mol.